The van der Waals surface area contributed by atoms with Crippen LogP contribution in [0.5, 0.6) is 5.75 Å². The second kappa shape index (κ2) is 3.45. The molecule has 0 radical (unpaired) electrons. The van der Waals surface area contributed by atoms with E-state index in [-0.39, 0.29) is 17.2 Å². The number of carboxylic acid groups (broad SMARTS) is 1. The zero-order chi connectivity index (χ0) is 9.14. The largest absolute Gasteiger partial charge is 0.507 e. The van der Waals surface area contributed by atoms with Gasteiger partial charge in [-0.2, -0.15) is 0 Å². The van der Waals surface area contributed by atoms with Crippen LogP contribution < -0.4 is 0 Å². The van der Waals surface area contributed by atoms with Crippen molar-refractivity contribution >= 4 is 17.6 Å². The molecule has 2 N–H and O–H groups in total. The highest BCUT2D eigenvalue weighted by molar-refractivity contribution is 6.17. The molecule has 0 aromatic heterocycles. The standard InChI is InChI=1S/C8H7ClO3/c9-4-5-2-1-3-6(7(5)10)8(11)12/h1-3,10H,4H2,(H,11,12). The van der Waals surface area contributed by atoms with Crippen LogP contribution in [0.4, 0.5) is 0 Å². The molecule has 4 heteroatoms. The second-order valence-electron chi connectivity index (χ2n) is 2.25. The number of alkyl halides is 1. The van der Waals surface area contributed by atoms with Gasteiger partial charge in [0.15, 0.2) is 0 Å². The number of carbonyl (C=O) groups is 1. The van der Waals surface area contributed by atoms with Crippen molar-refractivity contribution in [3.8, 4) is 5.75 Å². The Labute approximate surface area is 74.2 Å². The van der Waals surface area contributed by atoms with Crippen LogP contribution in [0.25, 0.3) is 0 Å². The van der Waals surface area contributed by atoms with Gasteiger partial charge < -0.3 is 10.2 Å². The summed E-state index contributed by atoms with van der Waals surface area (Å²) in [5.74, 6) is -1.30. The van der Waals surface area contributed by atoms with Crippen molar-refractivity contribution in [3.05, 3.63) is 29.3 Å². The molecule has 12 heavy (non-hydrogen) atoms. The first-order chi connectivity index (χ1) is 5.66. The maximum absolute atomic E-state index is 10.5. The van der Waals surface area contributed by atoms with Crippen LogP contribution in [0.1, 0.15) is 15.9 Å². The van der Waals surface area contributed by atoms with E-state index in [1.807, 2.05) is 0 Å². The Bertz CT molecular complexity index is 309. The molecule has 0 saturated heterocycles. The molecule has 0 aliphatic carbocycles. The van der Waals surface area contributed by atoms with Crippen LogP contribution >= 0.6 is 11.6 Å². The number of phenols is 1. The summed E-state index contributed by atoms with van der Waals surface area (Å²) in [5, 5.41) is 17.9. The highest BCUT2D eigenvalue weighted by Crippen LogP contribution is 2.23. The van der Waals surface area contributed by atoms with Crippen LogP contribution in [-0.4, -0.2) is 16.2 Å². The van der Waals surface area contributed by atoms with Crippen molar-refractivity contribution in [2.75, 3.05) is 0 Å². The average molecular weight is 187 g/mol. The topological polar surface area (TPSA) is 57.5 Å². The van der Waals surface area contributed by atoms with Gasteiger partial charge in [-0.25, -0.2) is 4.79 Å². The van der Waals surface area contributed by atoms with Gasteiger partial charge >= 0.3 is 5.97 Å². The predicted octanol–water partition coefficient (Wildman–Crippen LogP) is 1.83. The molecule has 0 atom stereocenters. The van der Waals surface area contributed by atoms with Gasteiger partial charge in [0.1, 0.15) is 11.3 Å². The van der Waals surface area contributed by atoms with Gasteiger partial charge in [-0.15, -0.1) is 11.6 Å². The lowest BCUT2D eigenvalue weighted by Gasteiger charge is -2.02. The highest BCUT2D eigenvalue weighted by Gasteiger charge is 2.11. The van der Waals surface area contributed by atoms with E-state index in [1.165, 1.54) is 6.07 Å². The molecule has 0 amide bonds. The molecule has 1 aromatic carbocycles. The van der Waals surface area contributed by atoms with Gasteiger partial charge in [-0.05, 0) is 6.07 Å². The monoisotopic (exact) mass is 186 g/mol. The van der Waals surface area contributed by atoms with Crippen LogP contribution in [0.15, 0.2) is 18.2 Å². The number of halogens is 1. The van der Waals surface area contributed by atoms with Crippen molar-refractivity contribution in [2.24, 2.45) is 0 Å². The van der Waals surface area contributed by atoms with Gasteiger partial charge in [-0.1, -0.05) is 12.1 Å². The number of rotatable bonds is 2. The van der Waals surface area contributed by atoms with Gasteiger partial charge in [0.2, 0.25) is 0 Å². The zero-order valence-electron chi connectivity index (χ0n) is 6.12. The van der Waals surface area contributed by atoms with Crippen molar-refractivity contribution in [1.29, 1.82) is 0 Å². The molecule has 0 aliphatic rings. The average Bonchev–Trinajstić information content (AvgIpc) is 2.04. The third-order valence-corrected chi connectivity index (χ3v) is 1.78. The molecule has 0 heterocycles. The Morgan fingerprint density at radius 2 is 2.17 bits per heavy atom. The van der Waals surface area contributed by atoms with E-state index < -0.39 is 5.97 Å². The molecule has 0 spiro atoms. The SMILES string of the molecule is O=C(O)c1cccc(CCl)c1O. The number of carboxylic acids is 1. The molecule has 1 rings (SSSR count). The Balaban J connectivity index is 3.23. The van der Waals surface area contributed by atoms with Crippen molar-refractivity contribution in [2.45, 2.75) is 5.88 Å². The Kier molecular flexibility index (Phi) is 2.55. The van der Waals surface area contributed by atoms with E-state index in [4.69, 9.17) is 16.7 Å². The lowest BCUT2D eigenvalue weighted by Crippen LogP contribution is -1.97. The molecule has 3 nitrogen and oxygen atoms in total. The fraction of sp³-hybridized carbons (Fsp3) is 0.125. The number of aromatic carboxylic acids is 1. The van der Waals surface area contributed by atoms with Crippen molar-refractivity contribution in [1.82, 2.24) is 0 Å². The van der Waals surface area contributed by atoms with Crippen LogP contribution in [0, 0.1) is 0 Å². The molecule has 0 fully saturated rings. The predicted molar refractivity (Wildman–Crippen MR) is 44.6 cm³/mol. The van der Waals surface area contributed by atoms with Gasteiger partial charge in [0, 0.05) is 5.56 Å². The number of benzene rings is 1. The first-order valence-corrected chi connectivity index (χ1v) is 3.80. The van der Waals surface area contributed by atoms with Gasteiger partial charge in [0.25, 0.3) is 0 Å². The van der Waals surface area contributed by atoms with Crippen LogP contribution in [0.2, 0.25) is 0 Å². The summed E-state index contributed by atoms with van der Waals surface area (Å²) in [6.07, 6.45) is 0. The molecule has 0 aliphatic heterocycles. The van der Waals surface area contributed by atoms with E-state index in [0.29, 0.717) is 5.56 Å². The summed E-state index contributed by atoms with van der Waals surface area (Å²) in [7, 11) is 0. The quantitative estimate of drug-likeness (QED) is 0.693. The minimum absolute atomic E-state index is 0.104. The Morgan fingerprint density at radius 1 is 1.50 bits per heavy atom. The third kappa shape index (κ3) is 1.51. The molecule has 1 aromatic rings. The van der Waals surface area contributed by atoms with E-state index in [9.17, 15) is 9.90 Å². The third-order valence-electron chi connectivity index (χ3n) is 1.49. The van der Waals surface area contributed by atoms with Crippen molar-refractivity contribution in [3.63, 3.8) is 0 Å². The fourth-order valence-corrected chi connectivity index (χ4v) is 1.09. The maximum Gasteiger partial charge on any atom is 0.339 e. The molecule has 64 valence electrons. The summed E-state index contributed by atoms with van der Waals surface area (Å²) in [6, 6.07) is 4.45. The molecule has 0 bridgehead atoms. The number of aromatic hydroxyl groups is 1. The van der Waals surface area contributed by atoms with E-state index in [2.05, 4.69) is 0 Å². The lowest BCUT2D eigenvalue weighted by atomic mass is 10.1. The first-order valence-electron chi connectivity index (χ1n) is 3.27. The van der Waals surface area contributed by atoms with Crippen LogP contribution in [-0.2, 0) is 5.88 Å². The molecular formula is C8H7ClO3. The summed E-state index contributed by atoms with van der Waals surface area (Å²) in [5.41, 5.74) is 0.310. The Hall–Kier alpha value is -1.22. The first kappa shape index (κ1) is 8.87. The van der Waals surface area contributed by atoms with Crippen molar-refractivity contribution < 1.29 is 15.0 Å². The molecular weight excluding hydrogens is 180 g/mol. The normalized spacial score (nSPS) is 9.75. The van der Waals surface area contributed by atoms with E-state index in [1.54, 1.807) is 12.1 Å². The van der Waals surface area contributed by atoms with Gasteiger partial charge in [0.05, 0.1) is 5.88 Å². The van der Waals surface area contributed by atoms with E-state index in [0.717, 1.165) is 0 Å². The number of hydrogen-bond acceptors (Lipinski definition) is 2. The maximum atomic E-state index is 10.5. The summed E-state index contributed by atoms with van der Waals surface area (Å²) >= 11 is 5.46. The van der Waals surface area contributed by atoms with Gasteiger partial charge in [-0.3, -0.25) is 0 Å². The fourth-order valence-electron chi connectivity index (χ4n) is 0.872. The zero-order valence-corrected chi connectivity index (χ0v) is 6.88. The second-order valence-corrected chi connectivity index (χ2v) is 2.52. The minimum Gasteiger partial charge on any atom is -0.507 e. The highest BCUT2D eigenvalue weighted by atomic mass is 35.5. The summed E-state index contributed by atoms with van der Waals surface area (Å²) in [6.45, 7) is 0. The van der Waals surface area contributed by atoms with Crippen LogP contribution in [0.3, 0.4) is 0 Å². The Morgan fingerprint density at radius 3 is 2.67 bits per heavy atom. The number of hydrogen-bond donors (Lipinski definition) is 2. The summed E-state index contributed by atoms with van der Waals surface area (Å²) < 4.78 is 0. The minimum atomic E-state index is -1.15. The summed E-state index contributed by atoms with van der Waals surface area (Å²) in [4.78, 5) is 10.5. The number of para-hydroxylation sites is 1. The molecule has 0 unspecified atom stereocenters. The smallest absolute Gasteiger partial charge is 0.339 e. The molecule has 0 saturated carbocycles. The lowest BCUT2D eigenvalue weighted by molar-refractivity contribution is 0.0693. The van der Waals surface area contributed by atoms with E-state index >= 15 is 0 Å².